The van der Waals surface area contributed by atoms with Crippen LogP contribution in [0.15, 0.2) is 72.8 Å². The molecule has 6 heteroatoms. The van der Waals surface area contributed by atoms with Gasteiger partial charge in [0.15, 0.2) is 0 Å². The standard InChI is InChI=1S/C22H21NO5/c1-2-27-20(25)14-13-19(24)23-18(15-28-22(23)26)21(16-9-5-3-6-10-16)17-11-7-4-8-12-17/h3-14,18,21H,2,15H2,1H3/b14-13+/t18-/m0/s1. The lowest BCUT2D eigenvalue weighted by Gasteiger charge is -2.28. The average molecular weight is 379 g/mol. The van der Waals surface area contributed by atoms with Crippen LogP contribution in [0.5, 0.6) is 0 Å². The molecule has 0 bridgehead atoms. The lowest BCUT2D eigenvalue weighted by atomic mass is 9.85. The van der Waals surface area contributed by atoms with E-state index in [1.807, 2.05) is 60.7 Å². The summed E-state index contributed by atoms with van der Waals surface area (Å²) in [5.74, 6) is -1.51. The summed E-state index contributed by atoms with van der Waals surface area (Å²) in [7, 11) is 0. The quantitative estimate of drug-likeness (QED) is 0.569. The van der Waals surface area contributed by atoms with Crippen LogP contribution in [0, 0.1) is 0 Å². The summed E-state index contributed by atoms with van der Waals surface area (Å²) in [5.41, 5.74) is 1.92. The minimum Gasteiger partial charge on any atom is -0.463 e. The molecule has 1 heterocycles. The smallest absolute Gasteiger partial charge is 0.417 e. The lowest BCUT2D eigenvalue weighted by molar-refractivity contribution is -0.137. The Kier molecular flexibility index (Phi) is 6.22. The van der Waals surface area contributed by atoms with E-state index in [9.17, 15) is 14.4 Å². The highest BCUT2D eigenvalue weighted by molar-refractivity contribution is 6.02. The molecule has 1 aliphatic heterocycles. The Balaban J connectivity index is 1.94. The van der Waals surface area contributed by atoms with Gasteiger partial charge in [0.05, 0.1) is 12.6 Å². The molecule has 1 aliphatic rings. The van der Waals surface area contributed by atoms with Crippen LogP contribution < -0.4 is 0 Å². The number of esters is 1. The van der Waals surface area contributed by atoms with Crippen molar-refractivity contribution in [2.45, 2.75) is 18.9 Å². The second-order valence-corrected chi connectivity index (χ2v) is 6.24. The van der Waals surface area contributed by atoms with E-state index in [0.29, 0.717) is 0 Å². The first kappa shape index (κ1) is 19.4. The van der Waals surface area contributed by atoms with Crippen LogP contribution in [0.1, 0.15) is 24.0 Å². The lowest BCUT2D eigenvalue weighted by Crippen LogP contribution is -2.42. The van der Waals surface area contributed by atoms with Crippen molar-refractivity contribution in [3.8, 4) is 0 Å². The highest BCUT2D eigenvalue weighted by Gasteiger charge is 2.42. The molecule has 2 aromatic carbocycles. The van der Waals surface area contributed by atoms with E-state index in [-0.39, 0.29) is 19.1 Å². The maximum Gasteiger partial charge on any atom is 0.417 e. The number of carbonyl (C=O) groups is 3. The summed E-state index contributed by atoms with van der Waals surface area (Å²) < 4.78 is 9.98. The number of hydrogen-bond donors (Lipinski definition) is 0. The molecule has 0 aliphatic carbocycles. The Morgan fingerprint density at radius 1 is 1.07 bits per heavy atom. The van der Waals surface area contributed by atoms with Crippen LogP contribution in [0.25, 0.3) is 0 Å². The topological polar surface area (TPSA) is 72.9 Å². The number of amides is 2. The molecule has 2 amide bonds. The Morgan fingerprint density at radius 2 is 1.64 bits per heavy atom. The zero-order valence-electron chi connectivity index (χ0n) is 15.5. The third kappa shape index (κ3) is 4.28. The van der Waals surface area contributed by atoms with Crippen molar-refractivity contribution in [3.63, 3.8) is 0 Å². The molecule has 0 aromatic heterocycles. The van der Waals surface area contributed by atoms with Gasteiger partial charge in [-0.15, -0.1) is 0 Å². The molecule has 6 nitrogen and oxygen atoms in total. The summed E-state index contributed by atoms with van der Waals surface area (Å²) in [5, 5.41) is 0. The highest BCUT2D eigenvalue weighted by atomic mass is 16.6. The van der Waals surface area contributed by atoms with E-state index in [4.69, 9.17) is 9.47 Å². The number of cyclic esters (lactones) is 1. The number of rotatable bonds is 6. The summed E-state index contributed by atoms with van der Waals surface area (Å²) in [6, 6.07) is 18.8. The summed E-state index contributed by atoms with van der Waals surface area (Å²) in [4.78, 5) is 37.5. The highest BCUT2D eigenvalue weighted by Crippen LogP contribution is 2.34. The van der Waals surface area contributed by atoms with Gasteiger partial charge in [-0.3, -0.25) is 4.79 Å². The Labute approximate surface area is 163 Å². The van der Waals surface area contributed by atoms with Crippen LogP contribution in [0.2, 0.25) is 0 Å². The molecule has 28 heavy (non-hydrogen) atoms. The van der Waals surface area contributed by atoms with Crippen molar-refractivity contribution in [2.75, 3.05) is 13.2 Å². The molecular weight excluding hydrogens is 358 g/mol. The van der Waals surface area contributed by atoms with Crippen LogP contribution in [0.3, 0.4) is 0 Å². The van der Waals surface area contributed by atoms with Crippen molar-refractivity contribution in [2.24, 2.45) is 0 Å². The van der Waals surface area contributed by atoms with E-state index in [0.717, 1.165) is 28.2 Å². The molecule has 0 saturated carbocycles. The predicted molar refractivity (Wildman–Crippen MR) is 102 cm³/mol. The van der Waals surface area contributed by atoms with Gasteiger partial charge < -0.3 is 9.47 Å². The van der Waals surface area contributed by atoms with Gasteiger partial charge in [0, 0.05) is 18.1 Å². The van der Waals surface area contributed by atoms with E-state index in [2.05, 4.69) is 0 Å². The zero-order chi connectivity index (χ0) is 19.9. The molecule has 1 fully saturated rings. The molecule has 3 rings (SSSR count). The van der Waals surface area contributed by atoms with Gasteiger partial charge in [0.2, 0.25) is 0 Å². The second kappa shape index (κ2) is 8.99. The Morgan fingerprint density at radius 3 is 2.18 bits per heavy atom. The fourth-order valence-corrected chi connectivity index (χ4v) is 3.30. The second-order valence-electron chi connectivity index (χ2n) is 6.24. The molecule has 1 saturated heterocycles. The zero-order valence-corrected chi connectivity index (χ0v) is 15.5. The van der Waals surface area contributed by atoms with E-state index in [1.54, 1.807) is 6.92 Å². The fourth-order valence-electron chi connectivity index (χ4n) is 3.30. The number of carbonyl (C=O) groups excluding carboxylic acids is 3. The maximum atomic E-state index is 12.7. The first-order valence-corrected chi connectivity index (χ1v) is 9.06. The SMILES string of the molecule is CCOC(=O)/C=C/C(=O)N1C(=O)OC[C@H]1C(c1ccccc1)c1ccccc1. The van der Waals surface area contributed by atoms with Crippen LogP contribution in [-0.2, 0) is 19.1 Å². The van der Waals surface area contributed by atoms with Gasteiger partial charge in [0.1, 0.15) is 6.61 Å². The van der Waals surface area contributed by atoms with E-state index >= 15 is 0 Å². The Hall–Kier alpha value is -3.41. The molecule has 0 unspecified atom stereocenters. The van der Waals surface area contributed by atoms with Crippen molar-refractivity contribution >= 4 is 18.0 Å². The summed E-state index contributed by atoms with van der Waals surface area (Å²) in [6.07, 6.45) is 1.35. The summed E-state index contributed by atoms with van der Waals surface area (Å²) >= 11 is 0. The summed E-state index contributed by atoms with van der Waals surface area (Å²) in [6.45, 7) is 1.95. The van der Waals surface area contributed by atoms with Crippen molar-refractivity contribution < 1.29 is 23.9 Å². The van der Waals surface area contributed by atoms with Crippen LogP contribution >= 0.6 is 0 Å². The van der Waals surface area contributed by atoms with Gasteiger partial charge in [-0.1, -0.05) is 60.7 Å². The molecule has 2 aromatic rings. The number of imide groups is 1. The minimum absolute atomic E-state index is 0.0757. The molecule has 0 spiro atoms. The van der Waals surface area contributed by atoms with Gasteiger partial charge >= 0.3 is 12.1 Å². The first-order valence-electron chi connectivity index (χ1n) is 9.06. The molecule has 144 valence electrons. The maximum absolute atomic E-state index is 12.7. The molecule has 0 radical (unpaired) electrons. The third-order valence-corrected chi connectivity index (χ3v) is 4.49. The van der Waals surface area contributed by atoms with Crippen LogP contribution in [0.4, 0.5) is 4.79 Å². The number of hydrogen-bond acceptors (Lipinski definition) is 5. The van der Waals surface area contributed by atoms with Gasteiger partial charge in [-0.25, -0.2) is 14.5 Å². The number of benzene rings is 2. The number of ether oxygens (including phenoxy) is 2. The fraction of sp³-hybridized carbons (Fsp3) is 0.227. The van der Waals surface area contributed by atoms with Gasteiger partial charge in [-0.05, 0) is 18.1 Å². The normalized spacial score (nSPS) is 16.4. The van der Waals surface area contributed by atoms with Gasteiger partial charge in [-0.2, -0.15) is 0 Å². The average Bonchev–Trinajstić information content (AvgIpc) is 3.09. The minimum atomic E-state index is -0.722. The van der Waals surface area contributed by atoms with Crippen molar-refractivity contribution in [1.29, 1.82) is 0 Å². The predicted octanol–water partition coefficient (Wildman–Crippen LogP) is 3.29. The third-order valence-electron chi connectivity index (χ3n) is 4.49. The molecular formula is C22H21NO5. The van der Waals surface area contributed by atoms with E-state index in [1.165, 1.54) is 0 Å². The molecule has 1 atom stereocenters. The Bertz CT molecular complexity index is 824. The van der Waals surface area contributed by atoms with Crippen LogP contribution in [-0.4, -0.2) is 42.1 Å². The molecule has 0 N–H and O–H groups in total. The van der Waals surface area contributed by atoms with Crippen molar-refractivity contribution in [1.82, 2.24) is 4.90 Å². The number of nitrogens with zero attached hydrogens (tertiary/aromatic N) is 1. The largest absolute Gasteiger partial charge is 0.463 e. The monoisotopic (exact) mass is 379 g/mol. The van der Waals surface area contributed by atoms with Gasteiger partial charge in [0.25, 0.3) is 5.91 Å². The first-order chi connectivity index (χ1) is 13.6. The van der Waals surface area contributed by atoms with E-state index < -0.39 is 24.0 Å². The van der Waals surface area contributed by atoms with Crippen molar-refractivity contribution in [3.05, 3.63) is 83.9 Å².